The summed E-state index contributed by atoms with van der Waals surface area (Å²) in [5.74, 6) is -0.206. The molecule has 0 amide bonds. The highest BCUT2D eigenvalue weighted by atomic mass is 35.5. The number of fused-ring (bicyclic) bond motifs is 1. The second-order valence-electron chi connectivity index (χ2n) is 4.28. The van der Waals surface area contributed by atoms with Gasteiger partial charge in [0.2, 0.25) is 0 Å². The molecule has 0 saturated heterocycles. The predicted octanol–water partition coefficient (Wildman–Crippen LogP) is 4.48. The van der Waals surface area contributed by atoms with Gasteiger partial charge in [0.05, 0.1) is 0 Å². The zero-order valence-corrected chi connectivity index (χ0v) is 10.4. The van der Waals surface area contributed by atoms with Crippen molar-refractivity contribution in [1.29, 1.82) is 0 Å². The molecule has 1 nitrogen and oxygen atoms in total. The summed E-state index contributed by atoms with van der Waals surface area (Å²) < 4.78 is 15.2. The SMILES string of the molecule is Fc1cccc(Cn2ccc3ccc(Cl)cc32)c1. The lowest BCUT2D eigenvalue weighted by atomic mass is 10.2. The Morgan fingerprint density at radius 2 is 1.94 bits per heavy atom. The third-order valence-corrected chi connectivity index (χ3v) is 3.21. The summed E-state index contributed by atoms with van der Waals surface area (Å²) in [6.07, 6.45) is 1.99. The molecule has 0 bridgehead atoms. The van der Waals surface area contributed by atoms with Gasteiger partial charge in [-0.1, -0.05) is 29.8 Å². The van der Waals surface area contributed by atoms with E-state index in [1.807, 2.05) is 36.5 Å². The van der Waals surface area contributed by atoms with Crippen molar-refractivity contribution in [3.63, 3.8) is 0 Å². The maximum Gasteiger partial charge on any atom is 0.123 e. The minimum absolute atomic E-state index is 0.206. The van der Waals surface area contributed by atoms with Gasteiger partial charge in [-0.2, -0.15) is 0 Å². The lowest BCUT2D eigenvalue weighted by molar-refractivity contribution is 0.624. The number of hydrogen-bond donors (Lipinski definition) is 0. The van der Waals surface area contributed by atoms with Gasteiger partial charge in [-0.3, -0.25) is 0 Å². The molecule has 90 valence electrons. The Hall–Kier alpha value is -1.80. The van der Waals surface area contributed by atoms with Crippen LogP contribution in [0.15, 0.2) is 54.7 Å². The van der Waals surface area contributed by atoms with Gasteiger partial charge in [-0.05, 0) is 41.3 Å². The fourth-order valence-corrected chi connectivity index (χ4v) is 2.29. The first-order valence-electron chi connectivity index (χ1n) is 5.71. The van der Waals surface area contributed by atoms with E-state index in [0.717, 1.165) is 16.5 Å². The van der Waals surface area contributed by atoms with E-state index in [-0.39, 0.29) is 5.82 Å². The Morgan fingerprint density at radius 3 is 2.78 bits per heavy atom. The fraction of sp³-hybridized carbons (Fsp3) is 0.0667. The third-order valence-electron chi connectivity index (χ3n) is 2.98. The van der Waals surface area contributed by atoms with E-state index in [1.54, 1.807) is 12.1 Å². The van der Waals surface area contributed by atoms with E-state index >= 15 is 0 Å². The molecule has 3 aromatic rings. The normalized spacial score (nSPS) is 11.0. The van der Waals surface area contributed by atoms with Crippen molar-refractivity contribution in [3.8, 4) is 0 Å². The maximum atomic E-state index is 13.1. The first-order valence-corrected chi connectivity index (χ1v) is 6.09. The van der Waals surface area contributed by atoms with E-state index in [0.29, 0.717) is 11.6 Å². The van der Waals surface area contributed by atoms with Gasteiger partial charge in [0.25, 0.3) is 0 Å². The van der Waals surface area contributed by atoms with Crippen LogP contribution in [0.1, 0.15) is 5.56 Å². The smallest absolute Gasteiger partial charge is 0.123 e. The van der Waals surface area contributed by atoms with Gasteiger partial charge < -0.3 is 4.57 Å². The zero-order chi connectivity index (χ0) is 12.5. The van der Waals surface area contributed by atoms with Gasteiger partial charge in [0.15, 0.2) is 0 Å². The second-order valence-corrected chi connectivity index (χ2v) is 4.71. The van der Waals surface area contributed by atoms with Gasteiger partial charge in [0.1, 0.15) is 5.82 Å². The van der Waals surface area contributed by atoms with Gasteiger partial charge >= 0.3 is 0 Å². The van der Waals surface area contributed by atoms with E-state index in [1.165, 1.54) is 6.07 Å². The molecular weight excluding hydrogens is 249 g/mol. The number of rotatable bonds is 2. The highest BCUT2D eigenvalue weighted by Crippen LogP contribution is 2.21. The van der Waals surface area contributed by atoms with Crippen LogP contribution in [0, 0.1) is 5.82 Å². The van der Waals surface area contributed by atoms with E-state index in [9.17, 15) is 4.39 Å². The summed E-state index contributed by atoms with van der Waals surface area (Å²) >= 11 is 6.00. The summed E-state index contributed by atoms with van der Waals surface area (Å²) in [5.41, 5.74) is 2.00. The van der Waals surface area contributed by atoms with Crippen molar-refractivity contribution in [1.82, 2.24) is 4.57 Å². The van der Waals surface area contributed by atoms with E-state index in [4.69, 9.17) is 11.6 Å². The molecule has 3 rings (SSSR count). The van der Waals surface area contributed by atoms with Gasteiger partial charge in [0, 0.05) is 23.3 Å². The third kappa shape index (κ3) is 2.12. The molecular formula is C15H11ClFN. The number of hydrogen-bond acceptors (Lipinski definition) is 0. The number of aromatic nitrogens is 1. The van der Waals surface area contributed by atoms with Crippen LogP contribution in [0.3, 0.4) is 0 Å². The molecule has 0 N–H and O–H groups in total. The number of benzene rings is 2. The van der Waals surface area contributed by atoms with Crippen LogP contribution in [0.5, 0.6) is 0 Å². The lowest BCUT2D eigenvalue weighted by Crippen LogP contribution is -1.98. The Balaban J connectivity index is 2.02. The van der Waals surface area contributed by atoms with E-state index in [2.05, 4.69) is 4.57 Å². The van der Waals surface area contributed by atoms with Crippen molar-refractivity contribution < 1.29 is 4.39 Å². The summed E-state index contributed by atoms with van der Waals surface area (Å²) in [5, 5.41) is 1.84. The topological polar surface area (TPSA) is 4.93 Å². The minimum Gasteiger partial charge on any atom is -0.343 e. The van der Waals surface area contributed by atoms with Crippen molar-refractivity contribution in [2.24, 2.45) is 0 Å². The molecule has 1 heterocycles. The summed E-state index contributed by atoms with van der Waals surface area (Å²) in [7, 11) is 0. The predicted molar refractivity (Wildman–Crippen MR) is 72.5 cm³/mol. The minimum atomic E-state index is -0.206. The Kier molecular flexibility index (Phi) is 2.80. The first-order chi connectivity index (χ1) is 8.72. The van der Waals surface area contributed by atoms with Crippen LogP contribution in [-0.4, -0.2) is 4.57 Å². The fourth-order valence-electron chi connectivity index (χ4n) is 2.13. The molecule has 1 aromatic heterocycles. The quantitative estimate of drug-likeness (QED) is 0.639. The molecule has 0 radical (unpaired) electrons. The number of halogens is 2. The highest BCUT2D eigenvalue weighted by molar-refractivity contribution is 6.31. The number of nitrogens with zero attached hydrogens (tertiary/aromatic N) is 1. The molecule has 0 aliphatic rings. The van der Waals surface area contributed by atoms with Crippen LogP contribution in [-0.2, 0) is 6.54 Å². The van der Waals surface area contributed by atoms with Crippen LogP contribution in [0.2, 0.25) is 5.02 Å². The summed E-state index contributed by atoms with van der Waals surface area (Å²) in [6, 6.07) is 14.5. The zero-order valence-electron chi connectivity index (χ0n) is 9.61. The first kappa shape index (κ1) is 11.3. The molecule has 0 aliphatic heterocycles. The molecule has 0 fully saturated rings. The van der Waals surface area contributed by atoms with Crippen LogP contribution in [0.4, 0.5) is 4.39 Å². The Morgan fingerprint density at radius 1 is 1.06 bits per heavy atom. The van der Waals surface area contributed by atoms with Crippen LogP contribution >= 0.6 is 11.6 Å². The average molecular weight is 260 g/mol. The molecule has 0 spiro atoms. The van der Waals surface area contributed by atoms with Crippen molar-refractivity contribution in [3.05, 3.63) is 71.1 Å². The van der Waals surface area contributed by atoms with Crippen molar-refractivity contribution in [2.45, 2.75) is 6.54 Å². The summed E-state index contributed by atoms with van der Waals surface area (Å²) in [6.45, 7) is 0.640. The average Bonchev–Trinajstić information content (AvgIpc) is 2.72. The van der Waals surface area contributed by atoms with E-state index < -0.39 is 0 Å². The highest BCUT2D eigenvalue weighted by Gasteiger charge is 2.03. The molecule has 0 unspecified atom stereocenters. The molecule has 0 atom stereocenters. The monoisotopic (exact) mass is 259 g/mol. The maximum absolute atomic E-state index is 13.1. The second kappa shape index (κ2) is 4.46. The standard InChI is InChI=1S/C15H11ClFN/c16-13-5-4-12-6-7-18(15(12)9-13)10-11-2-1-3-14(17)8-11/h1-9H,10H2. The lowest BCUT2D eigenvalue weighted by Gasteiger charge is -2.06. The largest absolute Gasteiger partial charge is 0.343 e. The van der Waals surface area contributed by atoms with Crippen LogP contribution in [0.25, 0.3) is 10.9 Å². The van der Waals surface area contributed by atoms with Crippen molar-refractivity contribution >= 4 is 22.5 Å². The molecule has 2 aromatic carbocycles. The van der Waals surface area contributed by atoms with Crippen LogP contribution < -0.4 is 0 Å². The Bertz CT molecular complexity index is 703. The molecule has 0 aliphatic carbocycles. The molecule has 18 heavy (non-hydrogen) atoms. The van der Waals surface area contributed by atoms with Crippen molar-refractivity contribution in [2.75, 3.05) is 0 Å². The van der Waals surface area contributed by atoms with Gasteiger partial charge in [-0.15, -0.1) is 0 Å². The molecule has 0 saturated carbocycles. The Labute approximate surface area is 109 Å². The molecule has 3 heteroatoms. The summed E-state index contributed by atoms with van der Waals surface area (Å²) in [4.78, 5) is 0. The van der Waals surface area contributed by atoms with Gasteiger partial charge in [-0.25, -0.2) is 4.39 Å².